The number of rotatable bonds is 5. The number of amides is 1. The van der Waals surface area contributed by atoms with Crippen molar-refractivity contribution in [3.8, 4) is 5.75 Å². The fourth-order valence-corrected chi connectivity index (χ4v) is 4.05. The van der Waals surface area contributed by atoms with Gasteiger partial charge in [0.1, 0.15) is 6.61 Å². The summed E-state index contributed by atoms with van der Waals surface area (Å²) in [6.45, 7) is 0.201. The molecular formula is C20H23N3O3. The lowest BCUT2D eigenvalue weighted by Gasteiger charge is -2.54. The highest BCUT2D eigenvalue weighted by atomic mass is 16.5. The van der Waals surface area contributed by atoms with Crippen LogP contribution < -0.4 is 21.3 Å². The summed E-state index contributed by atoms with van der Waals surface area (Å²) < 4.78 is 6.85. The Kier molecular flexibility index (Phi) is 4.18. The topological polar surface area (TPSA) is 86.3 Å². The average molecular weight is 353 g/mol. The van der Waals surface area contributed by atoms with Crippen LogP contribution in [0.4, 0.5) is 0 Å². The normalized spacial score (nSPS) is 18.0. The Hall–Kier alpha value is -2.76. The van der Waals surface area contributed by atoms with Gasteiger partial charge in [-0.1, -0.05) is 36.8 Å². The van der Waals surface area contributed by atoms with Crippen LogP contribution in [-0.2, 0) is 6.61 Å². The van der Waals surface area contributed by atoms with Crippen LogP contribution in [0.15, 0.2) is 47.4 Å². The Bertz CT molecular complexity index is 864. The van der Waals surface area contributed by atoms with Crippen LogP contribution in [0.5, 0.6) is 5.75 Å². The van der Waals surface area contributed by atoms with E-state index in [0.29, 0.717) is 5.41 Å². The smallest absolute Gasteiger partial charge is 0.274 e. The Morgan fingerprint density at radius 2 is 1.96 bits per heavy atom. The van der Waals surface area contributed by atoms with E-state index in [9.17, 15) is 9.59 Å². The maximum absolute atomic E-state index is 12.7. The Morgan fingerprint density at radius 3 is 2.62 bits per heavy atom. The van der Waals surface area contributed by atoms with Gasteiger partial charge in [0.15, 0.2) is 11.4 Å². The van der Waals surface area contributed by atoms with E-state index in [0.717, 1.165) is 23.1 Å². The first-order valence-corrected chi connectivity index (χ1v) is 9.05. The lowest BCUT2D eigenvalue weighted by Crippen LogP contribution is -2.54. The zero-order chi connectivity index (χ0) is 18.1. The van der Waals surface area contributed by atoms with Gasteiger partial charge in [-0.3, -0.25) is 14.3 Å². The number of hydrogen-bond donors (Lipinski definition) is 2. The van der Waals surface area contributed by atoms with Gasteiger partial charge < -0.3 is 15.9 Å². The summed E-state index contributed by atoms with van der Waals surface area (Å²) in [6, 6.07) is 11.0. The van der Waals surface area contributed by atoms with Crippen molar-refractivity contribution in [3.63, 3.8) is 0 Å². The van der Waals surface area contributed by atoms with Crippen molar-refractivity contribution < 1.29 is 9.53 Å². The molecule has 26 heavy (non-hydrogen) atoms. The van der Waals surface area contributed by atoms with Crippen LogP contribution in [0.2, 0.25) is 0 Å². The fourth-order valence-electron chi connectivity index (χ4n) is 4.05. The number of nitrogens with two attached hydrogens (primary N) is 1. The maximum atomic E-state index is 12.7. The third kappa shape index (κ3) is 3.07. The molecule has 1 spiro atoms. The van der Waals surface area contributed by atoms with E-state index in [1.807, 2.05) is 30.3 Å². The third-order valence-electron chi connectivity index (χ3n) is 5.63. The maximum Gasteiger partial charge on any atom is 0.274 e. The van der Waals surface area contributed by atoms with Crippen molar-refractivity contribution in [1.29, 1.82) is 0 Å². The van der Waals surface area contributed by atoms with Gasteiger partial charge in [0.25, 0.3) is 5.91 Å². The number of nitrogens with zero attached hydrogens (tertiary/aromatic N) is 1. The molecule has 136 valence electrons. The number of carbonyl (C=O) groups is 1. The largest absolute Gasteiger partial charge is 0.482 e. The molecule has 6 nitrogen and oxygen atoms in total. The van der Waals surface area contributed by atoms with Crippen LogP contribution in [0, 0.1) is 5.41 Å². The summed E-state index contributed by atoms with van der Waals surface area (Å²) in [6.07, 6.45) is 7.23. The predicted octanol–water partition coefficient (Wildman–Crippen LogP) is 2.20. The van der Waals surface area contributed by atoms with Crippen LogP contribution in [0.25, 0.3) is 0 Å². The molecule has 0 saturated heterocycles. The molecule has 2 saturated carbocycles. The van der Waals surface area contributed by atoms with E-state index in [1.54, 1.807) is 0 Å². The monoisotopic (exact) mass is 353 g/mol. The van der Waals surface area contributed by atoms with Gasteiger partial charge in [0.2, 0.25) is 5.43 Å². The molecule has 6 heteroatoms. The number of carbonyl (C=O) groups excluding carboxylic acids is 1. The lowest BCUT2D eigenvalue weighted by atomic mass is 9.54. The van der Waals surface area contributed by atoms with Gasteiger partial charge in [-0.25, -0.2) is 0 Å². The SMILES string of the molecule is Nn1ccc(=O)c(OCc2ccccc2)c1C(=O)NC1CC2(CCC2)C1. The van der Waals surface area contributed by atoms with Crippen LogP contribution in [-0.4, -0.2) is 16.6 Å². The van der Waals surface area contributed by atoms with Crippen molar-refractivity contribution >= 4 is 5.91 Å². The number of hydrogen-bond acceptors (Lipinski definition) is 4. The average Bonchev–Trinajstić information content (AvgIpc) is 2.57. The summed E-state index contributed by atoms with van der Waals surface area (Å²) in [5.74, 6) is 5.56. The number of ether oxygens (including phenoxy) is 1. The number of benzene rings is 1. The molecule has 0 radical (unpaired) electrons. The molecule has 1 aromatic heterocycles. The van der Waals surface area contributed by atoms with Gasteiger partial charge in [-0.05, 0) is 36.7 Å². The first-order valence-electron chi connectivity index (χ1n) is 9.05. The molecule has 1 heterocycles. The van der Waals surface area contributed by atoms with Gasteiger partial charge in [-0.2, -0.15) is 0 Å². The lowest BCUT2D eigenvalue weighted by molar-refractivity contribution is -0.000796. The Labute approximate surface area is 151 Å². The number of nitrogens with one attached hydrogen (secondary N) is 1. The minimum absolute atomic E-state index is 0.00552. The highest BCUT2D eigenvalue weighted by molar-refractivity contribution is 5.95. The molecule has 0 atom stereocenters. The van der Waals surface area contributed by atoms with E-state index in [4.69, 9.17) is 10.6 Å². The molecule has 0 aliphatic heterocycles. The first kappa shape index (κ1) is 16.7. The van der Waals surface area contributed by atoms with Crippen LogP contribution >= 0.6 is 0 Å². The Balaban J connectivity index is 1.50. The molecule has 3 N–H and O–H groups in total. The van der Waals surface area contributed by atoms with Crippen molar-refractivity contribution in [2.24, 2.45) is 5.41 Å². The second-order valence-electron chi connectivity index (χ2n) is 7.47. The summed E-state index contributed by atoms with van der Waals surface area (Å²) in [4.78, 5) is 25.0. The molecule has 0 unspecified atom stereocenters. The molecule has 1 aromatic carbocycles. The molecule has 2 aromatic rings. The van der Waals surface area contributed by atoms with Crippen LogP contribution in [0.3, 0.4) is 0 Å². The summed E-state index contributed by atoms with van der Waals surface area (Å²) in [7, 11) is 0. The second-order valence-corrected chi connectivity index (χ2v) is 7.47. The number of nitrogen functional groups attached to an aromatic ring is 1. The molecule has 2 aliphatic rings. The number of pyridine rings is 1. The van der Waals surface area contributed by atoms with Gasteiger partial charge in [-0.15, -0.1) is 0 Å². The molecule has 4 rings (SSSR count). The summed E-state index contributed by atoms with van der Waals surface area (Å²) >= 11 is 0. The van der Waals surface area contributed by atoms with E-state index < -0.39 is 0 Å². The predicted molar refractivity (Wildman–Crippen MR) is 98.4 cm³/mol. The van der Waals surface area contributed by atoms with Crippen LogP contribution in [0.1, 0.15) is 48.2 Å². The van der Waals surface area contributed by atoms with Crippen molar-refractivity contribution in [1.82, 2.24) is 9.99 Å². The zero-order valence-electron chi connectivity index (χ0n) is 14.6. The van der Waals surface area contributed by atoms with E-state index in [-0.39, 0.29) is 35.4 Å². The highest BCUT2D eigenvalue weighted by Crippen LogP contribution is 2.55. The van der Waals surface area contributed by atoms with Gasteiger partial charge in [0, 0.05) is 18.3 Å². The van der Waals surface area contributed by atoms with Crippen molar-refractivity contribution in [2.75, 3.05) is 5.84 Å². The summed E-state index contributed by atoms with van der Waals surface area (Å²) in [5.41, 5.74) is 1.10. The standard InChI is InChI=1S/C20H23N3O3/c21-23-10-7-16(24)18(26-13-14-5-2-1-3-6-14)17(23)19(25)22-15-11-20(12-15)8-4-9-20/h1-3,5-7,10,15H,4,8-9,11-13,21H2,(H,22,25). The summed E-state index contributed by atoms with van der Waals surface area (Å²) in [5, 5.41) is 3.00. The van der Waals surface area contributed by atoms with Gasteiger partial charge >= 0.3 is 0 Å². The minimum atomic E-state index is -0.354. The van der Waals surface area contributed by atoms with Crippen molar-refractivity contribution in [3.05, 3.63) is 64.1 Å². The zero-order valence-corrected chi connectivity index (χ0v) is 14.6. The van der Waals surface area contributed by atoms with E-state index in [2.05, 4.69) is 5.32 Å². The minimum Gasteiger partial charge on any atom is -0.482 e. The van der Waals surface area contributed by atoms with E-state index >= 15 is 0 Å². The second kappa shape index (κ2) is 6.52. The third-order valence-corrected chi connectivity index (χ3v) is 5.63. The van der Waals surface area contributed by atoms with Crippen molar-refractivity contribution in [2.45, 2.75) is 44.8 Å². The molecule has 2 aliphatic carbocycles. The molecule has 1 amide bonds. The molecular weight excluding hydrogens is 330 g/mol. The first-order chi connectivity index (χ1) is 12.6. The highest BCUT2D eigenvalue weighted by Gasteiger charge is 2.48. The van der Waals surface area contributed by atoms with E-state index in [1.165, 1.54) is 31.5 Å². The van der Waals surface area contributed by atoms with Gasteiger partial charge in [0.05, 0.1) is 0 Å². The fraction of sp³-hybridized carbons (Fsp3) is 0.400. The number of aromatic nitrogens is 1. The molecule has 0 bridgehead atoms. The quantitative estimate of drug-likeness (QED) is 0.807. The Morgan fingerprint density at radius 1 is 1.23 bits per heavy atom. The molecule has 2 fully saturated rings.